The topological polar surface area (TPSA) is 78.9 Å². The molecule has 0 aliphatic carbocycles. The zero-order valence-electron chi connectivity index (χ0n) is 43.2. The Hall–Kier alpha value is -1.59. The maximum Gasteiger partial charge on any atom is 0.306 e. The Morgan fingerprint density at radius 1 is 0.302 bits per heavy atom. The van der Waals surface area contributed by atoms with E-state index in [1.807, 2.05) is 0 Å². The molecular weight excluding hydrogens is 781 g/mol. The standard InChI is InChI=1S/C57H110O6/c1-6-7-8-9-10-11-27-34-39-44-49-57(60)63-54(51-62-56(59)48-43-38-33-29-24-20-16-15-18-22-26-31-36-41-46-53(4)5)50-61-55(58)47-42-37-32-28-23-19-14-12-13-17-21-25-30-35-40-45-52(2)3/h52-54H,6-51H2,1-5H3/t54-/m1/s1. The lowest BCUT2D eigenvalue weighted by Gasteiger charge is -2.18. The van der Waals surface area contributed by atoms with Crippen molar-refractivity contribution < 1.29 is 28.6 Å². The van der Waals surface area contributed by atoms with Crippen LogP contribution in [0.5, 0.6) is 0 Å². The number of unbranched alkanes of at least 4 members (excludes halogenated alkanes) is 36. The molecule has 374 valence electrons. The van der Waals surface area contributed by atoms with Gasteiger partial charge in [0.25, 0.3) is 0 Å². The minimum Gasteiger partial charge on any atom is -0.462 e. The molecule has 0 aromatic rings. The molecule has 0 heterocycles. The highest BCUT2D eigenvalue weighted by Gasteiger charge is 2.19. The molecule has 0 bridgehead atoms. The molecule has 0 spiro atoms. The molecule has 6 nitrogen and oxygen atoms in total. The summed E-state index contributed by atoms with van der Waals surface area (Å²) >= 11 is 0. The van der Waals surface area contributed by atoms with Gasteiger partial charge in [-0.2, -0.15) is 0 Å². The Bertz CT molecular complexity index is 962. The van der Waals surface area contributed by atoms with Crippen LogP contribution < -0.4 is 0 Å². The van der Waals surface area contributed by atoms with Gasteiger partial charge < -0.3 is 14.2 Å². The summed E-state index contributed by atoms with van der Waals surface area (Å²) in [5.74, 6) is 0.852. The van der Waals surface area contributed by atoms with Gasteiger partial charge >= 0.3 is 17.9 Å². The molecule has 1 atom stereocenters. The number of ether oxygens (including phenoxy) is 3. The van der Waals surface area contributed by atoms with Crippen molar-refractivity contribution in [2.75, 3.05) is 13.2 Å². The molecule has 63 heavy (non-hydrogen) atoms. The van der Waals surface area contributed by atoms with E-state index in [0.29, 0.717) is 19.3 Å². The normalized spacial score (nSPS) is 12.0. The first kappa shape index (κ1) is 61.4. The zero-order chi connectivity index (χ0) is 46.1. The Morgan fingerprint density at radius 3 is 0.778 bits per heavy atom. The summed E-state index contributed by atoms with van der Waals surface area (Å²) in [6.07, 6.45) is 52.4. The zero-order valence-corrected chi connectivity index (χ0v) is 43.2. The Balaban J connectivity index is 4.22. The van der Waals surface area contributed by atoms with Gasteiger partial charge in [0.2, 0.25) is 0 Å². The number of hydrogen-bond donors (Lipinski definition) is 0. The Morgan fingerprint density at radius 2 is 0.524 bits per heavy atom. The van der Waals surface area contributed by atoms with Crippen LogP contribution in [-0.4, -0.2) is 37.2 Å². The van der Waals surface area contributed by atoms with E-state index < -0.39 is 6.10 Å². The van der Waals surface area contributed by atoms with E-state index >= 15 is 0 Å². The first-order chi connectivity index (χ1) is 30.7. The fourth-order valence-electron chi connectivity index (χ4n) is 8.70. The molecule has 6 heteroatoms. The summed E-state index contributed by atoms with van der Waals surface area (Å²) < 4.78 is 16.8. The lowest BCUT2D eigenvalue weighted by Crippen LogP contribution is -2.30. The summed E-state index contributed by atoms with van der Waals surface area (Å²) in [5, 5.41) is 0. The molecule has 0 aromatic heterocycles. The molecule has 0 saturated carbocycles. The third-order valence-electron chi connectivity index (χ3n) is 13.0. The van der Waals surface area contributed by atoms with Crippen molar-refractivity contribution in [1.29, 1.82) is 0 Å². The van der Waals surface area contributed by atoms with Crippen molar-refractivity contribution in [1.82, 2.24) is 0 Å². The van der Waals surface area contributed by atoms with Gasteiger partial charge in [0, 0.05) is 19.3 Å². The van der Waals surface area contributed by atoms with E-state index in [4.69, 9.17) is 14.2 Å². The molecule has 0 unspecified atom stereocenters. The second kappa shape index (κ2) is 49.8. The predicted octanol–water partition coefficient (Wildman–Crippen LogP) is 18.5. The molecule has 0 aliphatic heterocycles. The molecular formula is C57H110O6. The highest BCUT2D eigenvalue weighted by molar-refractivity contribution is 5.71. The third kappa shape index (κ3) is 51.3. The lowest BCUT2D eigenvalue weighted by atomic mass is 10.0. The van der Waals surface area contributed by atoms with Gasteiger partial charge in [-0.05, 0) is 31.1 Å². The van der Waals surface area contributed by atoms with Gasteiger partial charge in [0.15, 0.2) is 6.10 Å². The van der Waals surface area contributed by atoms with Crippen LogP contribution in [0.1, 0.15) is 317 Å². The number of rotatable bonds is 51. The summed E-state index contributed by atoms with van der Waals surface area (Å²) in [6, 6.07) is 0. The predicted molar refractivity (Wildman–Crippen MR) is 270 cm³/mol. The smallest absolute Gasteiger partial charge is 0.306 e. The van der Waals surface area contributed by atoms with Crippen LogP contribution in [-0.2, 0) is 28.6 Å². The fourth-order valence-corrected chi connectivity index (χ4v) is 8.70. The first-order valence-corrected chi connectivity index (χ1v) is 28.2. The van der Waals surface area contributed by atoms with E-state index in [1.54, 1.807) is 0 Å². The van der Waals surface area contributed by atoms with Gasteiger partial charge in [-0.25, -0.2) is 0 Å². The maximum atomic E-state index is 12.8. The minimum atomic E-state index is -0.761. The molecule has 0 saturated heterocycles. The van der Waals surface area contributed by atoms with Crippen LogP contribution in [0.2, 0.25) is 0 Å². The van der Waals surface area contributed by atoms with Crippen LogP contribution >= 0.6 is 0 Å². The summed E-state index contributed by atoms with van der Waals surface area (Å²) in [5.41, 5.74) is 0. The SMILES string of the molecule is CCCCCCCCCCCCC(=O)O[C@H](COC(=O)CCCCCCCCCCCCCCCCCC(C)C)COC(=O)CCCCCCCCCCCCCCCCC(C)C. The van der Waals surface area contributed by atoms with Crippen molar-refractivity contribution in [3.8, 4) is 0 Å². The molecule has 0 aromatic carbocycles. The van der Waals surface area contributed by atoms with Crippen LogP contribution in [0.25, 0.3) is 0 Å². The lowest BCUT2D eigenvalue weighted by molar-refractivity contribution is -0.167. The van der Waals surface area contributed by atoms with Gasteiger partial charge in [0.1, 0.15) is 13.2 Å². The van der Waals surface area contributed by atoms with Crippen LogP contribution in [0.4, 0.5) is 0 Å². The van der Waals surface area contributed by atoms with Gasteiger partial charge in [-0.1, -0.05) is 279 Å². The highest BCUT2D eigenvalue weighted by Crippen LogP contribution is 2.18. The van der Waals surface area contributed by atoms with Gasteiger partial charge in [-0.3, -0.25) is 14.4 Å². The summed E-state index contributed by atoms with van der Waals surface area (Å²) in [6.45, 7) is 11.4. The second-order valence-corrected chi connectivity index (χ2v) is 20.5. The van der Waals surface area contributed by atoms with Gasteiger partial charge in [-0.15, -0.1) is 0 Å². The molecule has 0 N–H and O–H groups in total. The van der Waals surface area contributed by atoms with Crippen LogP contribution in [0.15, 0.2) is 0 Å². The number of esters is 3. The summed E-state index contributed by atoms with van der Waals surface area (Å²) in [7, 11) is 0. The number of carbonyl (C=O) groups is 3. The monoisotopic (exact) mass is 891 g/mol. The third-order valence-corrected chi connectivity index (χ3v) is 13.0. The van der Waals surface area contributed by atoms with Gasteiger partial charge in [0.05, 0.1) is 0 Å². The maximum absolute atomic E-state index is 12.8. The van der Waals surface area contributed by atoms with E-state index in [0.717, 1.165) is 69.6 Å². The highest BCUT2D eigenvalue weighted by atomic mass is 16.6. The molecule has 0 amide bonds. The summed E-state index contributed by atoms with van der Waals surface area (Å²) in [4.78, 5) is 38.0. The average molecular weight is 892 g/mol. The van der Waals surface area contributed by atoms with Crippen LogP contribution in [0.3, 0.4) is 0 Å². The van der Waals surface area contributed by atoms with E-state index in [1.165, 1.54) is 205 Å². The van der Waals surface area contributed by atoms with Crippen molar-refractivity contribution in [3.05, 3.63) is 0 Å². The molecule has 0 radical (unpaired) electrons. The first-order valence-electron chi connectivity index (χ1n) is 28.2. The van der Waals surface area contributed by atoms with Crippen LogP contribution in [0, 0.1) is 11.8 Å². The van der Waals surface area contributed by atoms with Crippen molar-refractivity contribution in [3.63, 3.8) is 0 Å². The second-order valence-electron chi connectivity index (χ2n) is 20.5. The van der Waals surface area contributed by atoms with Crippen molar-refractivity contribution >= 4 is 17.9 Å². The Kier molecular flexibility index (Phi) is 48.6. The quantitative estimate of drug-likeness (QED) is 0.0344. The average Bonchev–Trinajstić information content (AvgIpc) is 3.25. The number of hydrogen-bond acceptors (Lipinski definition) is 6. The number of carbonyl (C=O) groups excluding carboxylic acids is 3. The minimum absolute atomic E-state index is 0.0629. The molecule has 0 fully saturated rings. The van der Waals surface area contributed by atoms with Crippen molar-refractivity contribution in [2.24, 2.45) is 11.8 Å². The van der Waals surface area contributed by atoms with Crippen molar-refractivity contribution in [2.45, 2.75) is 323 Å². The fraction of sp³-hybridized carbons (Fsp3) is 0.947. The van der Waals surface area contributed by atoms with E-state index in [-0.39, 0.29) is 31.1 Å². The molecule has 0 aliphatic rings. The molecule has 0 rings (SSSR count). The van der Waals surface area contributed by atoms with E-state index in [2.05, 4.69) is 34.6 Å². The Labute approximate surface area is 393 Å². The largest absolute Gasteiger partial charge is 0.462 e. The van der Waals surface area contributed by atoms with E-state index in [9.17, 15) is 14.4 Å².